The molecule has 1 aliphatic heterocycles. The van der Waals surface area contributed by atoms with Crippen LogP contribution in [0.4, 0.5) is 0 Å². The highest BCUT2D eigenvalue weighted by Gasteiger charge is 2.12. The fourth-order valence-electron chi connectivity index (χ4n) is 2.09. The third-order valence-electron chi connectivity index (χ3n) is 3.12. The molecule has 1 saturated heterocycles. The molecule has 0 aliphatic carbocycles. The molecule has 0 saturated carbocycles. The van der Waals surface area contributed by atoms with Crippen molar-refractivity contribution in [3.63, 3.8) is 0 Å². The Morgan fingerprint density at radius 1 is 1.47 bits per heavy atom. The van der Waals surface area contributed by atoms with Gasteiger partial charge in [0, 0.05) is 18.3 Å². The van der Waals surface area contributed by atoms with E-state index in [0.29, 0.717) is 6.54 Å². The number of hydrogen-bond acceptors (Lipinski definition) is 4. The molecule has 0 amide bonds. The molecule has 2 N–H and O–H groups in total. The van der Waals surface area contributed by atoms with E-state index in [0.717, 1.165) is 19.0 Å². The maximum Gasteiger partial charge on any atom is 0.0640 e. The van der Waals surface area contributed by atoms with Crippen LogP contribution in [0.3, 0.4) is 0 Å². The highest BCUT2D eigenvalue weighted by atomic mass is 32.2. The van der Waals surface area contributed by atoms with Crippen LogP contribution in [0.1, 0.15) is 18.4 Å². The van der Waals surface area contributed by atoms with E-state index in [-0.39, 0.29) is 6.61 Å². The van der Waals surface area contributed by atoms with E-state index in [4.69, 9.17) is 5.11 Å². The Morgan fingerprint density at radius 3 is 3.06 bits per heavy atom. The molecular formula is C12H21N3OS. The summed E-state index contributed by atoms with van der Waals surface area (Å²) in [4.78, 5) is 0. The lowest BCUT2D eigenvalue weighted by atomic mass is 10.0. The van der Waals surface area contributed by atoms with Gasteiger partial charge in [-0.2, -0.15) is 16.9 Å². The lowest BCUT2D eigenvalue weighted by Crippen LogP contribution is -2.25. The van der Waals surface area contributed by atoms with Crippen molar-refractivity contribution >= 4 is 11.8 Å². The summed E-state index contributed by atoms with van der Waals surface area (Å²) in [6, 6.07) is 0. The van der Waals surface area contributed by atoms with Crippen LogP contribution in [-0.2, 0) is 13.1 Å². The molecule has 2 heterocycles. The Balaban J connectivity index is 1.66. The molecule has 0 atom stereocenters. The first-order valence-electron chi connectivity index (χ1n) is 6.29. The maximum absolute atomic E-state index is 8.80. The third-order valence-corrected chi connectivity index (χ3v) is 4.17. The van der Waals surface area contributed by atoms with Gasteiger partial charge in [-0.1, -0.05) is 0 Å². The molecule has 1 aliphatic rings. The molecule has 4 nitrogen and oxygen atoms in total. The fourth-order valence-corrected chi connectivity index (χ4v) is 3.30. The molecule has 0 unspecified atom stereocenters. The van der Waals surface area contributed by atoms with E-state index >= 15 is 0 Å². The van der Waals surface area contributed by atoms with Crippen LogP contribution in [0.25, 0.3) is 0 Å². The Hall–Kier alpha value is -0.520. The van der Waals surface area contributed by atoms with E-state index < -0.39 is 0 Å². The Labute approximate surface area is 107 Å². The van der Waals surface area contributed by atoms with E-state index in [1.54, 1.807) is 4.68 Å². The molecular weight excluding hydrogens is 234 g/mol. The Morgan fingerprint density at radius 2 is 2.29 bits per heavy atom. The van der Waals surface area contributed by atoms with Gasteiger partial charge in [0.25, 0.3) is 0 Å². The summed E-state index contributed by atoms with van der Waals surface area (Å²) in [5.41, 5.74) is 1.20. The number of nitrogens with one attached hydrogen (secondary N) is 1. The maximum atomic E-state index is 8.80. The minimum absolute atomic E-state index is 0.147. The van der Waals surface area contributed by atoms with Gasteiger partial charge in [0.15, 0.2) is 0 Å². The van der Waals surface area contributed by atoms with Crippen molar-refractivity contribution in [1.29, 1.82) is 0 Å². The van der Waals surface area contributed by atoms with Crippen LogP contribution in [0.15, 0.2) is 12.4 Å². The summed E-state index contributed by atoms with van der Waals surface area (Å²) in [7, 11) is 0. The summed E-state index contributed by atoms with van der Waals surface area (Å²) in [6.07, 6.45) is 6.57. The van der Waals surface area contributed by atoms with Gasteiger partial charge in [0.05, 0.1) is 19.3 Å². The Kier molecular flexibility index (Phi) is 5.35. The zero-order valence-electron chi connectivity index (χ0n) is 10.1. The molecule has 0 aromatic carbocycles. The number of aromatic nitrogens is 2. The summed E-state index contributed by atoms with van der Waals surface area (Å²) in [5, 5.41) is 16.5. The number of hydrogen-bond donors (Lipinski definition) is 2. The molecule has 96 valence electrons. The second kappa shape index (κ2) is 7.03. The van der Waals surface area contributed by atoms with Crippen molar-refractivity contribution in [2.24, 2.45) is 5.92 Å². The van der Waals surface area contributed by atoms with Crippen molar-refractivity contribution in [3.8, 4) is 0 Å². The van der Waals surface area contributed by atoms with Gasteiger partial charge in [-0.15, -0.1) is 0 Å². The number of aliphatic hydroxyl groups excluding tert-OH is 1. The largest absolute Gasteiger partial charge is 0.394 e. The van der Waals surface area contributed by atoms with E-state index in [1.165, 1.54) is 29.9 Å². The van der Waals surface area contributed by atoms with Crippen molar-refractivity contribution < 1.29 is 5.11 Å². The zero-order valence-corrected chi connectivity index (χ0v) is 11.0. The molecule has 0 bridgehead atoms. The van der Waals surface area contributed by atoms with Crippen molar-refractivity contribution in [2.45, 2.75) is 25.9 Å². The van der Waals surface area contributed by atoms with Crippen LogP contribution in [-0.4, -0.2) is 39.5 Å². The topological polar surface area (TPSA) is 50.1 Å². The SMILES string of the molecule is OCCn1cc(CNCC2CCSCC2)cn1. The first kappa shape index (κ1) is 12.9. The smallest absolute Gasteiger partial charge is 0.0640 e. The van der Waals surface area contributed by atoms with Crippen molar-refractivity contribution in [1.82, 2.24) is 15.1 Å². The third kappa shape index (κ3) is 4.33. The molecule has 1 aromatic heterocycles. The molecule has 0 radical (unpaired) electrons. The van der Waals surface area contributed by atoms with Crippen LogP contribution in [0.2, 0.25) is 0 Å². The van der Waals surface area contributed by atoms with Gasteiger partial charge in [-0.3, -0.25) is 4.68 Å². The lowest BCUT2D eigenvalue weighted by Gasteiger charge is -2.21. The number of thioether (sulfide) groups is 1. The van der Waals surface area contributed by atoms with Gasteiger partial charge >= 0.3 is 0 Å². The predicted octanol–water partition coefficient (Wildman–Crippen LogP) is 1.11. The van der Waals surface area contributed by atoms with Crippen molar-refractivity contribution in [3.05, 3.63) is 18.0 Å². The second-order valence-corrected chi connectivity index (χ2v) is 5.75. The molecule has 1 fully saturated rings. The highest BCUT2D eigenvalue weighted by Crippen LogP contribution is 2.21. The molecule has 17 heavy (non-hydrogen) atoms. The van der Waals surface area contributed by atoms with Gasteiger partial charge in [-0.25, -0.2) is 0 Å². The van der Waals surface area contributed by atoms with Crippen LogP contribution < -0.4 is 5.32 Å². The summed E-state index contributed by atoms with van der Waals surface area (Å²) in [6.45, 7) is 2.73. The molecule has 1 aromatic rings. The minimum atomic E-state index is 0.147. The van der Waals surface area contributed by atoms with E-state index in [1.807, 2.05) is 12.4 Å². The first-order chi connectivity index (χ1) is 8.38. The quantitative estimate of drug-likeness (QED) is 0.799. The lowest BCUT2D eigenvalue weighted by molar-refractivity contribution is 0.269. The summed E-state index contributed by atoms with van der Waals surface area (Å²) >= 11 is 2.07. The molecule has 0 spiro atoms. The van der Waals surface area contributed by atoms with Gasteiger partial charge in [-0.05, 0) is 36.8 Å². The van der Waals surface area contributed by atoms with Gasteiger partial charge < -0.3 is 10.4 Å². The zero-order chi connectivity index (χ0) is 11.9. The first-order valence-corrected chi connectivity index (χ1v) is 7.44. The Bertz CT molecular complexity index is 323. The fraction of sp³-hybridized carbons (Fsp3) is 0.750. The standard InChI is InChI=1S/C12H21N3OS/c16-4-3-15-10-12(9-14-15)8-13-7-11-1-5-17-6-2-11/h9-11,13,16H,1-8H2. The predicted molar refractivity (Wildman–Crippen MR) is 71.1 cm³/mol. The van der Waals surface area contributed by atoms with Crippen LogP contribution >= 0.6 is 11.8 Å². The number of aliphatic hydroxyl groups is 1. The molecule has 5 heteroatoms. The highest BCUT2D eigenvalue weighted by molar-refractivity contribution is 7.99. The van der Waals surface area contributed by atoms with E-state index in [9.17, 15) is 0 Å². The summed E-state index contributed by atoms with van der Waals surface area (Å²) < 4.78 is 1.79. The minimum Gasteiger partial charge on any atom is -0.394 e. The second-order valence-electron chi connectivity index (χ2n) is 4.52. The average Bonchev–Trinajstić information content (AvgIpc) is 2.79. The van der Waals surface area contributed by atoms with E-state index in [2.05, 4.69) is 22.2 Å². The van der Waals surface area contributed by atoms with Gasteiger partial charge in [0.1, 0.15) is 0 Å². The number of rotatable bonds is 6. The summed E-state index contributed by atoms with van der Waals surface area (Å²) in [5.74, 6) is 3.49. The van der Waals surface area contributed by atoms with Crippen molar-refractivity contribution in [2.75, 3.05) is 24.7 Å². The molecule has 2 rings (SSSR count). The monoisotopic (exact) mass is 255 g/mol. The normalized spacial score (nSPS) is 17.5. The van der Waals surface area contributed by atoms with Gasteiger partial charge in [0.2, 0.25) is 0 Å². The van der Waals surface area contributed by atoms with Crippen LogP contribution in [0.5, 0.6) is 0 Å². The van der Waals surface area contributed by atoms with Crippen LogP contribution in [0, 0.1) is 5.92 Å². The number of nitrogens with zero attached hydrogens (tertiary/aromatic N) is 2. The average molecular weight is 255 g/mol.